The molecule has 3 rings (SSSR count). The van der Waals surface area contributed by atoms with E-state index in [0.717, 1.165) is 23.2 Å². The second kappa shape index (κ2) is 6.34. The summed E-state index contributed by atoms with van der Waals surface area (Å²) < 4.78 is 5.50. The van der Waals surface area contributed by atoms with Gasteiger partial charge in [0.1, 0.15) is 11.5 Å². The van der Waals surface area contributed by atoms with Crippen LogP contribution in [0.5, 0.6) is 0 Å². The predicted octanol–water partition coefficient (Wildman–Crippen LogP) is 4.44. The highest BCUT2D eigenvalue weighted by Gasteiger charge is 2.33. The molecule has 0 amide bonds. The number of carbonyl (C=O) groups is 1. The van der Waals surface area contributed by atoms with Crippen LogP contribution in [0.2, 0.25) is 5.02 Å². The van der Waals surface area contributed by atoms with E-state index in [9.17, 15) is 9.90 Å². The quantitative estimate of drug-likeness (QED) is 0.839. The van der Waals surface area contributed by atoms with Gasteiger partial charge < -0.3 is 9.63 Å². The van der Waals surface area contributed by atoms with Crippen LogP contribution in [-0.2, 0) is 11.2 Å². The van der Waals surface area contributed by atoms with Crippen molar-refractivity contribution in [3.05, 3.63) is 40.6 Å². The summed E-state index contributed by atoms with van der Waals surface area (Å²) in [4.78, 5) is 11.3. The molecule has 1 aliphatic rings. The van der Waals surface area contributed by atoms with Gasteiger partial charge in [-0.1, -0.05) is 28.9 Å². The lowest BCUT2D eigenvalue weighted by Crippen LogP contribution is -2.15. The Kier molecular flexibility index (Phi) is 4.45. The molecule has 1 heterocycles. The molecule has 0 spiro atoms. The normalized spacial score (nSPS) is 21.2. The summed E-state index contributed by atoms with van der Waals surface area (Å²) in [5.74, 6) is -0.465. The van der Waals surface area contributed by atoms with Crippen molar-refractivity contribution in [2.24, 2.45) is 5.92 Å². The van der Waals surface area contributed by atoms with Gasteiger partial charge in [-0.05, 0) is 31.2 Å². The summed E-state index contributed by atoms with van der Waals surface area (Å²) in [6, 6.07) is 7.47. The van der Waals surface area contributed by atoms with E-state index in [1.807, 2.05) is 30.5 Å². The number of benzene rings is 1. The zero-order chi connectivity index (χ0) is 15.7. The van der Waals surface area contributed by atoms with Gasteiger partial charge in [0.15, 0.2) is 0 Å². The zero-order valence-corrected chi connectivity index (χ0v) is 13.7. The summed E-state index contributed by atoms with van der Waals surface area (Å²) in [7, 11) is 0. The molecule has 1 aromatic carbocycles. The monoisotopic (exact) mass is 337 g/mol. The minimum Gasteiger partial charge on any atom is -0.481 e. The van der Waals surface area contributed by atoms with Crippen LogP contribution in [-0.4, -0.2) is 22.5 Å². The first-order valence-electron chi connectivity index (χ1n) is 7.10. The van der Waals surface area contributed by atoms with Crippen LogP contribution in [0.15, 0.2) is 28.8 Å². The highest BCUT2D eigenvalue weighted by molar-refractivity contribution is 7.98. The molecule has 4 nitrogen and oxygen atoms in total. The number of hydrogen-bond acceptors (Lipinski definition) is 4. The lowest BCUT2D eigenvalue weighted by atomic mass is 10.0. The Labute approximate surface area is 137 Å². The van der Waals surface area contributed by atoms with Gasteiger partial charge in [-0.3, -0.25) is 4.79 Å². The minimum atomic E-state index is -0.767. The van der Waals surface area contributed by atoms with Crippen molar-refractivity contribution in [3.8, 4) is 11.3 Å². The molecular weight excluding hydrogens is 322 g/mol. The van der Waals surface area contributed by atoms with Crippen LogP contribution in [0.4, 0.5) is 0 Å². The van der Waals surface area contributed by atoms with Crippen molar-refractivity contribution in [2.75, 3.05) is 6.26 Å². The standard InChI is InChI=1S/C16H16ClNO3S/c1-22-13-7-4-10(16(19)20)8-12-14(13)15(18-21-12)9-2-5-11(17)6-3-9/h2-3,5-6,10,13H,4,7-8H2,1H3,(H,19,20)/t10-,13-/m1/s1. The maximum Gasteiger partial charge on any atom is 0.306 e. The fourth-order valence-corrected chi connectivity index (χ4v) is 3.87. The molecule has 0 fully saturated rings. The highest BCUT2D eigenvalue weighted by Crippen LogP contribution is 2.43. The molecule has 1 aromatic heterocycles. The molecule has 2 atom stereocenters. The van der Waals surface area contributed by atoms with E-state index in [2.05, 4.69) is 5.16 Å². The SMILES string of the molecule is CS[C@@H]1CC[C@@H](C(=O)O)Cc2onc(-c3ccc(Cl)cc3)c21. The summed E-state index contributed by atoms with van der Waals surface area (Å²) in [5.41, 5.74) is 2.79. The number of aromatic nitrogens is 1. The Hall–Kier alpha value is -1.46. The van der Waals surface area contributed by atoms with Crippen molar-refractivity contribution in [2.45, 2.75) is 24.5 Å². The third-order valence-electron chi connectivity index (χ3n) is 4.09. The summed E-state index contributed by atoms with van der Waals surface area (Å²) >= 11 is 7.65. The van der Waals surface area contributed by atoms with Crippen molar-refractivity contribution >= 4 is 29.3 Å². The Bertz CT molecular complexity index is 683. The largest absolute Gasteiger partial charge is 0.481 e. The summed E-state index contributed by atoms with van der Waals surface area (Å²) in [6.45, 7) is 0. The van der Waals surface area contributed by atoms with E-state index in [1.54, 1.807) is 11.8 Å². The van der Waals surface area contributed by atoms with Crippen LogP contribution in [0.25, 0.3) is 11.3 Å². The van der Waals surface area contributed by atoms with Crippen LogP contribution in [0.1, 0.15) is 29.4 Å². The van der Waals surface area contributed by atoms with E-state index in [1.165, 1.54) is 0 Å². The van der Waals surface area contributed by atoms with Gasteiger partial charge >= 0.3 is 5.97 Å². The zero-order valence-electron chi connectivity index (χ0n) is 12.1. The summed E-state index contributed by atoms with van der Waals surface area (Å²) in [5, 5.41) is 14.4. The predicted molar refractivity (Wildman–Crippen MR) is 87.3 cm³/mol. The topological polar surface area (TPSA) is 63.3 Å². The lowest BCUT2D eigenvalue weighted by Gasteiger charge is -2.13. The molecule has 0 saturated heterocycles. The molecular formula is C16H16ClNO3S. The van der Waals surface area contributed by atoms with E-state index in [4.69, 9.17) is 16.1 Å². The Morgan fingerprint density at radius 3 is 2.73 bits per heavy atom. The summed E-state index contributed by atoms with van der Waals surface area (Å²) in [6.07, 6.45) is 3.91. The smallest absolute Gasteiger partial charge is 0.306 e. The molecule has 0 unspecified atom stereocenters. The third-order valence-corrected chi connectivity index (χ3v) is 5.38. The van der Waals surface area contributed by atoms with Gasteiger partial charge in [-0.25, -0.2) is 0 Å². The molecule has 1 aliphatic carbocycles. The van der Waals surface area contributed by atoms with Crippen LogP contribution in [0.3, 0.4) is 0 Å². The van der Waals surface area contributed by atoms with Crippen molar-refractivity contribution < 1.29 is 14.4 Å². The first-order valence-corrected chi connectivity index (χ1v) is 8.76. The second-order valence-corrected chi connectivity index (χ2v) is 6.89. The number of nitrogens with zero attached hydrogens (tertiary/aromatic N) is 1. The van der Waals surface area contributed by atoms with E-state index >= 15 is 0 Å². The number of carboxylic acids is 1. The van der Waals surface area contributed by atoms with Crippen molar-refractivity contribution in [1.82, 2.24) is 5.16 Å². The Morgan fingerprint density at radius 2 is 2.09 bits per heavy atom. The Balaban J connectivity index is 2.05. The fraction of sp³-hybridized carbons (Fsp3) is 0.375. The van der Waals surface area contributed by atoms with Crippen LogP contribution < -0.4 is 0 Å². The molecule has 0 radical (unpaired) electrons. The van der Waals surface area contributed by atoms with E-state index < -0.39 is 11.9 Å². The first kappa shape index (κ1) is 15.4. The maximum absolute atomic E-state index is 11.3. The average molecular weight is 338 g/mol. The van der Waals surface area contributed by atoms with Gasteiger partial charge in [-0.2, -0.15) is 11.8 Å². The van der Waals surface area contributed by atoms with Gasteiger partial charge in [0, 0.05) is 27.8 Å². The minimum absolute atomic E-state index is 0.205. The lowest BCUT2D eigenvalue weighted by molar-refractivity contribution is -0.142. The van der Waals surface area contributed by atoms with Gasteiger partial charge in [0.2, 0.25) is 0 Å². The van der Waals surface area contributed by atoms with E-state index in [0.29, 0.717) is 23.6 Å². The molecule has 1 N–H and O–H groups in total. The third kappa shape index (κ3) is 2.88. The number of carboxylic acid groups (broad SMARTS) is 1. The van der Waals surface area contributed by atoms with Crippen molar-refractivity contribution in [3.63, 3.8) is 0 Å². The van der Waals surface area contributed by atoms with Crippen LogP contribution >= 0.6 is 23.4 Å². The molecule has 22 heavy (non-hydrogen) atoms. The number of halogens is 1. The fourth-order valence-electron chi connectivity index (χ4n) is 2.90. The first-order chi connectivity index (χ1) is 10.6. The number of fused-ring (bicyclic) bond motifs is 1. The molecule has 6 heteroatoms. The highest BCUT2D eigenvalue weighted by atomic mass is 35.5. The van der Waals surface area contributed by atoms with Gasteiger partial charge in [-0.15, -0.1) is 0 Å². The second-order valence-electron chi connectivity index (χ2n) is 5.42. The van der Waals surface area contributed by atoms with E-state index in [-0.39, 0.29) is 5.25 Å². The molecule has 116 valence electrons. The molecule has 0 saturated carbocycles. The van der Waals surface area contributed by atoms with Gasteiger partial charge in [0.05, 0.1) is 5.92 Å². The maximum atomic E-state index is 11.3. The average Bonchev–Trinajstić information content (AvgIpc) is 2.82. The number of hydrogen-bond donors (Lipinski definition) is 1. The molecule has 0 aliphatic heterocycles. The van der Waals surface area contributed by atoms with Crippen LogP contribution in [0, 0.1) is 5.92 Å². The number of rotatable bonds is 3. The Morgan fingerprint density at radius 1 is 1.36 bits per heavy atom. The van der Waals surface area contributed by atoms with Gasteiger partial charge in [0.25, 0.3) is 0 Å². The van der Waals surface area contributed by atoms with Crippen molar-refractivity contribution in [1.29, 1.82) is 0 Å². The number of thioether (sulfide) groups is 1. The molecule has 0 bridgehead atoms. The number of aliphatic carboxylic acids is 1. The molecule has 2 aromatic rings.